The molecule has 36 heavy (non-hydrogen) atoms. The van der Waals surface area contributed by atoms with Crippen molar-refractivity contribution in [3.8, 4) is 22.9 Å². The fourth-order valence-electron chi connectivity index (χ4n) is 4.58. The summed E-state index contributed by atoms with van der Waals surface area (Å²) in [5.74, 6) is 0.210. The average Bonchev–Trinajstić information content (AvgIpc) is 3.37. The fourth-order valence-corrected chi connectivity index (χ4v) is 5.98. The van der Waals surface area contributed by atoms with Crippen LogP contribution < -0.4 is 4.74 Å². The summed E-state index contributed by atoms with van der Waals surface area (Å²) in [6.45, 7) is 2.27. The summed E-state index contributed by atoms with van der Waals surface area (Å²) in [7, 11) is 0. The van der Waals surface area contributed by atoms with E-state index in [1.807, 2.05) is 19.1 Å². The molecule has 2 saturated heterocycles. The zero-order valence-electron chi connectivity index (χ0n) is 19.3. The predicted molar refractivity (Wildman–Crippen MR) is 133 cm³/mol. The molecule has 11 heteroatoms. The fraction of sp³-hybridized carbons (Fsp3) is 0.320. The minimum absolute atomic E-state index is 0.0336. The second-order valence-corrected chi connectivity index (χ2v) is 10.7. The quantitative estimate of drug-likeness (QED) is 0.472. The lowest BCUT2D eigenvalue weighted by molar-refractivity contribution is -0.138. The number of benzene rings is 1. The Kier molecular flexibility index (Phi) is 6.06. The first-order valence-corrected chi connectivity index (χ1v) is 12.4. The van der Waals surface area contributed by atoms with E-state index in [1.165, 1.54) is 21.1 Å². The molecule has 0 spiro atoms. The zero-order valence-corrected chi connectivity index (χ0v) is 20.9. The van der Waals surface area contributed by atoms with Crippen molar-refractivity contribution < 1.29 is 24.2 Å². The van der Waals surface area contributed by atoms with Crippen molar-refractivity contribution >= 4 is 51.1 Å². The number of ether oxygens (including phenoxy) is 1. The van der Waals surface area contributed by atoms with Gasteiger partial charge in [0.1, 0.15) is 17.8 Å². The average molecular weight is 525 g/mol. The van der Waals surface area contributed by atoms with E-state index in [2.05, 4.69) is 11.1 Å². The molecular weight excluding hydrogens is 504 g/mol. The van der Waals surface area contributed by atoms with Gasteiger partial charge in [-0.1, -0.05) is 11.6 Å². The molecule has 0 aliphatic carbocycles. The number of fused-ring (bicyclic) bond motifs is 1. The van der Waals surface area contributed by atoms with Crippen molar-refractivity contribution in [2.24, 2.45) is 5.41 Å². The third kappa shape index (κ3) is 4.25. The van der Waals surface area contributed by atoms with Crippen LogP contribution in [0.25, 0.3) is 21.3 Å². The monoisotopic (exact) mass is 524 g/mol. The summed E-state index contributed by atoms with van der Waals surface area (Å²) in [6, 6.07) is 9.49. The van der Waals surface area contributed by atoms with Crippen LogP contribution in [-0.4, -0.2) is 57.5 Å². The van der Waals surface area contributed by atoms with Gasteiger partial charge in [-0.25, -0.2) is 4.79 Å². The van der Waals surface area contributed by atoms with Crippen molar-refractivity contribution in [3.05, 3.63) is 45.9 Å². The van der Waals surface area contributed by atoms with Gasteiger partial charge in [-0.15, -0.1) is 11.3 Å². The number of hydrogen-bond donors (Lipinski definition) is 1. The molecule has 2 aliphatic rings. The molecule has 0 radical (unpaired) electrons. The van der Waals surface area contributed by atoms with Gasteiger partial charge in [-0.2, -0.15) is 5.26 Å². The number of pyridine rings is 1. The molecule has 0 saturated carbocycles. The van der Waals surface area contributed by atoms with Crippen molar-refractivity contribution in [2.75, 3.05) is 19.7 Å². The molecule has 2 aliphatic heterocycles. The molecule has 3 aromatic rings. The van der Waals surface area contributed by atoms with Crippen LogP contribution in [0.2, 0.25) is 5.02 Å². The zero-order chi connectivity index (χ0) is 25.6. The number of amides is 3. The van der Waals surface area contributed by atoms with Crippen LogP contribution in [0, 0.1) is 23.7 Å². The predicted octanol–water partition coefficient (Wildman–Crippen LogP) is 4.46. The number of imide groups is 1. The van der Waals surface area contributed by atoms with Gasteiger partial charge in [0.15, 0.2) is 0 Å². The first kappa shape index (κ1) is 24.0. The van der Waals surface area contributed by atoms with E-state index >= 15 is 0 Å². The van der Waals surface area contributed by atoms with Gasteiger partial charge in [0.25, 0.3) is 0 Å². The molecular formula is C25H21ClN4O5S. The van der Waals surface area contributed by atoms with Crippen LogP contribution in [0.5, 0.6) is 5.75 Å². The number of halogens is 1. The van der Waals surface area contributed by atoms with E-state index in [-0.39, 0.29) is 50.9 Å². The van der Waals surface area contributed by atoms with E-state index < -0.39 is 11.5 Å². The number of carbonyl (C=O) groups is 3. The molecule has 0 bridgehead atoms. The molecule has 4 heterocycles. The molecule has 2 fully saturated rings. The summed E-state index contributed by atoms with van der Waals surface area (Å²) in [6.07, 6.45) is 1.09. The number of nitriles is 1. The number of hydrogen-bond acceptors (Lipinski definition) is 7. The highest BCUT2D eigenvalue weighted by Gasteiger charge is 2.47. The van der Waals surface area contributed by atoms with Crippen molar-refractivity contribution in [1.29, 1.82) is 5.26 Å². The number of likely N-dealkylation sites (tertiary alicyclic amines) is 2. The molecule has 184 valence electrons. The minimum atomic E-state index is -1.06. The molecule has 0 unspecified atom stereocenters. The van der Waals surface area contributed by atoms with E-state index in [4.69, 9.17) is 21.4 Å². The number of aromatic nitrogens is 1. The largest absolute Gasteiger partial charge is 0.491 e. The van der Waals surface area contributed by atoms with E-state index in [1.54, 1.807) is 18.3 Å². The number of rotatable bonds is 6. The minimum Gasteiger partial charge on any atom is -0.491 e. The smallest absolute Gasteiger partial charge is 0.407 e. The summed E-state index contributed by atoms with van der Waals surface area (Å²) >= 11 is 7.86. The molecule has 0 atom stereocenters. The maximum absolute atomic E-state index is 12.1. The summed E-state index contributed by atoms with van der Waals surface area (Å²) in [5.41, 5.74) is 2.12. The first-order chi connectivity index (χ1) is 17.2. The molecule has 5 rings (SSSR count). The molecule has 2 aromatic heterocycles. The Labute approximate surface area is 215 Å². The lowest BCUT2D eigenvalue weighted by Gasteiger charge is -2.43. The lowest BCUT2D eigenvalue weighted by Crippen LogP contribution is -2.60. The van der Waals surface area contributed by atoms with Crippen LogP contribution >= 0.6 is 22.9 Å². The Balaban J connectivity index is 1.48. The van der Waals surface area contributed by atoms with Crippen molar-refractivity contribution in [2.45, 2.75) is 26.3 Å². The standard InChI is InChI=1S/C25H21ClN4O5S/c1-14-6-15(26)7-18(22(14)35-13-25(10-27)11-29(12-25)24(33)34)17-4-5-28-19-8-16(36-23(17)19)9-30-20(31)2-3-21(30)32/h4-8H,2-3,9,11-13H2,1H3,(H,33,34). The third-order valence-corrected chi connectivity index (χ3v) is 7.81. The van der Waals surface area contributed by atoms with Crippen LogP contribution in [0.4, 0.5) is 4.79 Å². The highest BCUT2D eigenvalue weighted by Crippen LogP contribution is 2.42. The first-order valence-electron chi connectivity index (χ1n) is 11.2. The second-order valence-electron chi connectivity index (χ2n) is 9.08. The Morgan fingerprint density at radius 2 is 1.97 bits per heavy atom. The summed E-state index contributed by atoms with van der Waals surface area (Å²) in [4.78, 5) is 43.1. The summed E-state index contributed by atoms with van der Waals surface area (Å²) in [5, 5.41) is 19.3. The van der Waals surface area contributed by atoms with Gasteiger partial charge in [0.05, 0.1) is 22.8 Å². The number of carbonyl (C=O) groups excluding carboxylic acids is 2. The second kappa shape index (κ2) is 9.08. The topological polar surface area (TPSA) is 124 Å². The highest BCUT2D eigenvalue weighted by atomic mass is 35.5. The van der Waals surface area contributed by atoms with Crippen LogP contribution in [0.15, 0.2) is 30.5 Å². The summed E-state index contributed by atoms with van der Waals surface area (Å²) < 4.78 is 7.04. The van der Waals surface area contributed by atoms with Gasteiger partial charge in [-0.05, 0) is 36.8 Å². The molecule has 9 nitrogen and oxygen atoms in total. The van der Waals surface area contributed by atoms with E-state index in [0.717, 1.165) is 31.8 Å². The van der Waals surface area contributed by atoms with E-state index in [0.29, 0.717) is 10.8 Å². The SMILES string of the molecule is Cc1cc(Cl)cc(-c2ccnc3cc(CN4C(=O)CCC4=O)sc23)c1OCC1(C#N)CN(C(=O)O)C1. The highest BCUT2D eigenvalue weighted by molar-refractivity contribution is 7.19. The Morgan fingerprint density at radius 1 is 1.25 bits per heavy atom. The van der Waals surface area contributed by atoms with Gasteiger partial charge in [0, 0.05) is 53.2 Å². The van der Waals surface area contributed by atoms with Gasteiger partial charge in [0.2, 0.25) is 11.8 Å². The third-order valence-electron chi connectivity index (χ3n) is 6.45. The van der Waals surface area contributed by atoms with Crippen LogP contribution in [0.1, 0.15) is 23.3 Å². The Morgan fingerprint density at radius 3 is 2.64 bits per heavy atom. The van der Waals surface area contributed by atoms with Crippen molar-refractivity contribution in [3.63, 3.8) is 0 Å². The van der Waals surface area contributed by atoms with Gasteiger partial charge >= 0.3 is 6.09 Å². The maximum atomic E-state index is 12.1. The Bertz CT molecular complexity index is 1440. The van der Waals surface area contributed by atoms with Gasteiger partial charge < -0.3 is 14.7 Å². The maximum Gasteiger partial charge on any atom is 0.407 e. The normalized spacial score (nSPS) is 16.8. The van der Waals surface area contributed by atoms with Crippen LogP contribution in [0.3, 0.4) is 0 Å². The van der Waals surface area contributed by atoms with Gasteiger partial charge in [-0.3, -0.25) is 19.5 Å². The number of nitrogens with zero attached hydrogens (tertiary/aromatic N) is 4. The van der Waals surface area contributed by atoms with Crippen LogP contribution in [-0.2, 0) is 16.1 Å². The molecule has 1 N–H and O–H groups in total. The number of thiophene rings is 1. The van der Waals surface area contributed by atoms with E-state index in [9.17, 15) is 19.6 Å². The Hall–Kier alpha value is -3.68. The molecule has 3 amide bonds. The lowest BCUT2D eigenvalue weighted by atomic mass is 9.82. The molecule has 1 aromatic carbocycles. The van der Waals surface area contributed by atoms with Crippen molar-refractivity contribution in [1.82, 2.24) is 14.8 Å². The number of aryl methyl sites for hydroxylation is 1. The number of carboxylic acid groups (broad SMARTS) is 1.